The highest BCUT2D eigenvalue weighted by Crippen LogP contribution is 2.14. The quantitative estimate of drug-likeness (QED) is 0.865. The molecule has 1 rings (SSSR count). The number of amides is 1. The van der Waals surface area contributed by atoms with Crippen LogP contribution in [0.1, 0.15) is 33.6 Å². The Bertz CT molecular complexity index is 489. The molecule has 0 radical (unpaired) electrons. The fraction of sp³-hybridized carbons (Fsp3) is 0.429. The third-order valence-corrected chi connectivity index (χ3v) is 2.12. The van der Waals surface area contributed by atoms with E-state index in [2.05, 4.69) is 5.32 Å². The number of carbonyl (C=O) groups excluding carboxylic acids is 2. The van der Waals surface area contributed by atoms with Gasteiger partial charge in [-0.05, 0) is 32.9 Å². The summed E-state index contributed by atoms with van der Waals surface area (Å²) in [5.41, 5.74) is -0.601. The average Bonchev–Trinajstić information content (AvgIpc) is 2.22. The van der Waals surface area contributed by atoms with Crippen LogP contribution in [0.25, 0.3) is 0 Å². The molecule has 1 N–H and O–H groups in total. The zero-order chi connectivity index (χ0) is 15.3. The van der Waals surface area contributed by atoms with Gasteiger partial charge in [-0.3, -0.25) is 9.59 Å². The lowest BCUT2D eigenvalue weighted by atomic mass is 10.2. The maximum Gasteiger partial charge on any atom is 0.306 e. The Kier molecular flexibility index (Phi) is 5.19. The number of nitrogens with one attached hydrogen (secondary N) is 1. The van der Waals surface area contributed by atoms with E-state index < -0.39 is 29.1 Å². The van der Waals surface area contributed by atoms with Gasteiger partial charge in [0.2, 0.25) is 5.91 Å². The maximum absolute atomic E-state index is 12.9. The third kappa shape index (κ3) is 6.26. The van der Waals surface area contributed by atoms with E-state index in [-0.39, 0.29) is 18.5 Å². The molecule has 110 valence electrons. The summed E-state index contributed by atoms with van der Waals surface area (Å²) in [7, 11) is 0. The van der Waals surface area contributed by atoms with Crippen molar-refractivity contribution in [2.24, 2.45) is 0 Å². The number of ether oxygens (including phenoxy) is 1. The summed E-state index contributed by atoms with van der Waals surface area (Å²) < 4.78 is 30.9. The van der Waals surface area contributed by atoms with Crippen LogP contribution in [0, 0.1) is 11.6 Å². The van der Waals surface area contributed by atoms with Crippen molar-refractivity contribution in [1.82, 2.24) is 0 Å². The molecular formula is C14H17F2NO3. The van der Waals surface area contributed by atoms with Gasteiger partial charge in [0.25, 0.3) is 0 Å². The van der Waals surface area contributed by atoms with E-state index in [0.29, 0.717) is 6.07 Å². The van der Waals surface area contributed by atoms with Crippen LogP contribution < -0.4 is 5.32 Å². The van der Waals surface area contributed by atoms with Crippen molar-refractivity contribution in [3.8, 4) is 0 Å². The first-order valence-corrected chi connectivity index (χ1v) is 6.13. The van der Waals surface area contributed by atoms with E-state index in [4.69, 9.17) is 4.74 Å². The molecule has 4 nitrogen and oxygen atoms in total. The Labute approximate surface area is 116 Å². The highest BCUT2D eigenvalue weighted by molar-refractivity contribution is 5.92. The average molecular weight is 285 g/mol. The Morgan fingerprint density at radius 3 is 2.15 bits per heavy atom. The van der Waals surface area contributed by atoms with Crippen LogP contribution >= 0.6 is 0 Å². The predicted molar refractivity (Wildman–Crippen MR) is 70.1 cm³/mol. The number of hydrogen-bond donors (Lipinski definition) is 1. The van der Waals surface area contributed by atoms with Gasteiger partial charge < -0.3 is 10.1 Å². The fourth-order valence-electron chi connectivity index (χ4n) is 1.46. The summed E-state index contributed by atoms with van der Waals surface area (Å²) in [6.07, 6.45) is -0.214. The minimum atomic E-state index is -0.785. The number of benzene rings is 1. The van der Waals surface area contributed by atoms with Crippen LogP contribution in [0.5, 0.6) is 0 Å². The molecule has 0 aliphatic carbocycles. The van der Waals surface area contributed by atoms with Gasteiger partial charge in [0.15, 0.2) is 0 Å². The van der Waals surface area contributed by atoms with Crippen LogP contribution in [0.3, 0.4) is 0 Å². The molecule has 0 saturated carbocycles. The van der Waals surface area contributed by atoms with E-state index in [0.717, 1.165) is 12.1 Å². The summed E-state index contributed by atoms with van der Waals surface area (Å²) in [4.78, 5) is 22.9. The summed E-state index contributed by atoms with van der Waals surface area (Å²) in [5.74, 6) is -2.58. The second kappa shape index (κ2) is 6.45. The normalized spacial score (nSPS) is 11.1. The van der Waals surface area contributed by atoms with Gasteiger partial charge in [0, 0.05) is 18.2 Å². The lowest BCUT2D eigenvalue weighted by molar-refractivity contribution is -0.155. The van der Waals surface area contributed by atoms with E-state index in [9.17, 15) is 18.4 Å². The van der Waals surface area contributed by atoms with Crippen LogP contribution in [-0.4, -0.2) is 17.5 Å². The molecule has 0 fully saturated rings. The highest BCUT2D eigenvalue weighted by Gasteiger charge is 2.17. The molecule has 6 heteroatoms. The van der Waals surface area contributed by atoms with E-state index >= 15 is 0 Å². The van der Waals surface area contributed by atoms with Gasteiger partial charge in [-0.2, -0.15) is 0 Å². The monoisotopic (exact) mass is 285 g/mol. The lowest BCUT2D eigenvalue weighted by Crippen LogP contribution is -2.24. The summed E-state index contributed by atoms with van der Waals surface area (Å²) in [6.45, 7) is 5.17. The first kappa shape index (κ1) is 16.1. The largest absolute Gasteiger partial charge is 0.460 e. The van der Waals surface area contributed by atoms with E-state index in [1.807, 2.05) is 0 Å². The van der Waals surface area contributed by atoms with Crippen LogP contribution in [0.4, 0.5) is 14.5 Å². The van der Waals surface area contributed by atoms with Gasteiger partial charge in [-0.15, -0.1) is 0 Å². The number of carbonyl (C=O) groups is 2. The smallest absolute Gasteiger partial charge is 0.306 e. The number of esters is 1. The predicted octanol–water partition coefficient (Wildman–Crippen LogP) is 3.03. The van der Waals surface area contributed by atoms with E-state index in [1.54, 1.807) is 20.8 Å². The second-order valence-corrected chi connectivity index (χ2v) is 5.29. The van der Waals surface area contributed by atoms with Crippen molar-refractivity contribution in [1.29, 1.82) is 0 Å². The third-order valence-electron chi connectivity index (χ3n) is 2.12. The molecule has 0 atom stereocenters. The topological polar surface area (TPSA) is 55.4 Å². The summed E-state index contributed by atoms with van der Waals surface area (Å²) in [5, 5.41) is 2.32. The molecule has 0 unspecified atom stereocenters. The van der Waals surface area contributed by atoms with E-state index in [1.165, 1.54) is 0 Å². The first-order chi connectivity index (χ1) is 9.15. The molecular weight excluding hydrogens is 268 g/mol. The molecule has 1 aromatic rings. The molecule has 1 aromatic carbocycles. The Morgan fingerprint density at radius 2 is 1.65 bits per heavy atom. The van der Waals surface area contributed by atoms with Crippen molar-refractivity contribution in [2.75, 3.05) is 5.32 Å². The molecule has 0 heterocycles. The van der Waals surface area contributed by atoms with Gasteiger partial charge in [-0.1, -0.05) is 0 Å². The molecule has 0 aliphatic rings. The highest BCUT2D eigenvalue weighted by atomic mass is 19.1. The number of rotatable bonds is 4. The molecule has 20 heavy (non-hydrogen) atoms. The number of hydrogen-bond acceptors (Lipinski definition) is 3. The molecule has 0 saturated heterocycles. The molecule has 1 amide bonds. The molecule has 0 spiro atoms. The van der Waals surface area contributed by atoms with Crippen molar-refractivity contribution >= 4 is 17.6 Å². The van der Waals surface area contributed by atoms with Gasteiger partial charge in [0.05, 0.1) is 6.42 Å². The molecule has 0 aliphatic heterocycles. The summed E-state index contributed by atoms with van der Waals surface area (Å²) >= 11 is 0. The Hall–Kier alpha value is -1.98. The Morgan fingerprint density at radius 1 is 1.10 bits per heavy atom. The van der Waals surface area contributed by atoms with Gasteiger partial charge in [-0.25, -0.2) is 8.78 Å². The second-order valence-electron chi connectivity index (χ2n) is 5.29. The van der Waals surface area contributed by atoms with Crippen molar-refractivity contribution < 1.29 is 23.1 Å². The number of halogens is 2. The van der Waals surface area contributed by atoms with Gasteiger partial charge in [0.1, 0.15) is 17.2 Å². The molecule has 0 bridgehead atoms. The maximum atomic E-state index is 12.9. The molecule has 0 aromatic heterocycles. The SMILES string of the molecule is CC(C)(C)OC(=O)CCC(=O)Nc1cc(F)cc(F)c1. The fourth-order valence-corrected chi connectivity index (χ4v) is 1.46. The number of anilines is 1. The zero-order valence-corrected chi connectivity index (χ0v) is 11.6. The first-order valence-electron chi connectivity index (χ1n) is 6.13. The minimum absolute atomic E-state index is 0.0108. The summed E-state index contributed by atoms with van der Waals surface area (Å²) in [6, 6.07) is 2.69. The van der Waals surface area contributed by atoms with Crippen LogP contribution in [0.15, 0.2) is 18.2 Å². The van der Waals surface area contributed by atoms with Crippen molar-refractivity contribution in [3.63, 3.8) is 0 Å². The van der Waals surface area contributed by atoms with Crippen LogP contribution in [-0.2, 0) is 14.3 Å². The van der Waals surface area contributed by atoms with Crippen molar-refractivity contribution in [2.45, 2.75) is 39.2 Å². The van der Waals surface area contributed by atoms with Crippen LogP contribution in [0.2, 0.25) is 0 Å². The Balaban J connectivity index is 2.46. The lowest BCUT2D eigenvalue weighted by Gasteiger charge is -2.19. The standard InChI is InChI=1S/C14H17F2NO3/c1-14(2,3)20-13(19)5-4-12(18)17-11-7-9(15)6-10(16)8-11/h6-8H,4-5H2,1-3H3,(H,17,18). The minimum Gasteiger partial charge on any atom is -0.460 e. The van der Waals surface area contributed by atoms with Crippen molar-refractivity contribution in [3.05, 3.63) is 29.8 Å². The van der Waals surface area contributed by atoms with Gasteiger partial charge >= 0.3 is 5.97 Å². The zero-order valence-electron chi connectivity index (χ0n) is 11.6.